The van der Waals surface area contributed by atoms with Crippen molar-refractivity contribution in [1.29, 1.82) is 0 Å². The molecule has 0 aliphatic heterocycles. The highest BCUT2D eigenvalue weighted by Crippen LogP contribution is 2.14. The number of ether oxygens (including phenoxy) is 2. The zero-order valence-electron chi connectivity index (χ0n) is 14.3. The largest absolute Gasteiger partial charge is 0.497 e. The van der Waals surface area contributed by atoms with Gasteiger partial charge < -0.3 is 14.8 Å². The second-order valence-electron chi connectivity index (χ2n) is 5.30. The summed E-state index contributed by atoms with van der Waals surface area (Å²) in [6.45, 7) is 4.62. The molecule has 0 fully saturated rings. The molecule has 0 radical (unpaired) electrons. The predicted molar refractivity (Wildman–Crippen MR) is 92.5 cm³/mol. The number of aryl methyl sites for hydroxylation is 2. The lowest BCUT2D eigenvalue weighted by molar-refractivity contribution is 0.0524. The highest BCUT2D eigenvalue weighted by molar-refractivity contribution is 5.90. The van der Waals surface area contributed by atoms with Crippen molar-refractivity contribution < 1.29 is 14.3 Å². The van der Waals surface area contributed by atoms with E-state index in [-0.39, 0.29) is 5.97 Å². The summed E-state index contributed by atoms with van der Waals surface area (Å²) in [5.74, 6) is 1.000. The Bertz CT molecular complexity index is 689. The smallest absolute Gasteiger partial charge is 0.341 e. The number of benzene rings is 1. The number of esters is 1. The summed E-state index contributed by atoms with van der Waals surface area (Å²) in [5, 5.41) is 3.18. The molecule has 6 heteroatoms. The van der Waals surface area contributed by atoms with Crippen LogP contribution in [0.5, 0.6) is 5.75 Å². The van der Waals surface area contributed by atoms with E-state index < -0.39 is 0 Å². The van der Waals surface area contributed by atoms with Gasteiger partial charge in [0.25, 0.3) is 0 Å². The lowest BCUT2D eigenvalue weighted by Gasteiger charge is -2.08. The van der Waals surface area contributed by atoms with Crippen molar-refractivity contribution in [3.63, 3.8) is 0 Å². The molecule has 0 spiro atoms. The molecule has 0 bridgehead atoms. The highest BCUT2D eigenvalue weighted by Gasteiger charge is 2.12. The van der Waals surface area contributed by atoms with Crippen LogP contribution in [-0.4, -0.2) is 36.2 Å². The minimum atomic E-state index is -0.389. The van der Waals surface area contributed by atoms with Crippen LogP contribution in [0.4, 0.5) is 5.95 Å². The van der Waals surface area contributed by atoms with Gasteiger partial charge in [0.05, 0.1) is 25.0 Å². The Hall–Kier alpha value is -2.63. The second-order valence-corrected chi connectivity index (χ2v) is 5.30. The first-order chi connectivity index (χ1) is 11.6. The number of carbonyl (C=O) groups is 1. The fraction of sp³-hybridized carbons (Fsp3) is 0.389. The molecule has 0 aliphatic rings. The monoisotopic (exact) mass is 329 g/mol. The molecular formula is C18H23N3O3. The van der Waals surface area contributed by atoms with Crippen LogP contribution in [0.2, 0.25) is 0 Å². The number of carbonyl (C=O) groups excluding carboxylic acids is 1. The number of hydrogen-bond acceptors (Lipinski definition) is 6. The second kappa shape index (κ2) is 8.86. The van der Waals surface area contributed by atoms with Crippen molar-refractivity contribution >= 4 is 11.9 Å². The van der Waals surface area contributed by atoms with Crippen LogP contribution in [0.3, 0.4) is 0 Å². The van der Waals surface area contributed by atoms with Gasteiger partial charge in [0.2, 0.25) is 5.95 Å². The standard InChI is InChI=1S/C18H23N3O3/c1-4-24-17(22)16-12-20-18(21-13(16)2)19-10-6-8-14-7-5-9-15(11-14)23-3/h5,7,9,11-12H,4,6,8,10H2,1-3H3,(H,19,20,21). The Morgan fingerprint density at radius 2 is 2.17 bits per heavy atom. The van der Waals surface area contributed by atoms with Crippen LogP contribution < -0.4 is 10.1 Å². The Labute approximate surface area is 142 Å². The van der Waals surface area contributed by atoms with E-state index in [1.165, 1.54) is 11.8 Å². The van der Waals surface area contributed by atoms with Crippen LogP contribution >= 0.6 is 0 Å². The van der Waals surface area contributed by atoms with Gasteiger partial charge in [-0.2, -0.15) is 0 Å². The van der Waals surface area contributed by atoms with E-state index in [0.29, 0.717) is 23.8 Å². The fourth-order valence-electron chi connectivity index (χ4n) is 2.28. The van der Waals surface area contributed by atoms with Gasteiger partial charge in [0, 0.05) is 12.7 Å². The number of nitrogens with one attached hydrogen (secondary N) is 1. The summed E-state index contributed by atoms with van der Waals surface area (Å²) in [4.78, 5) is 20.2. The molecular weight excluding hydrogens is 306 g/mol. The third-order valence-electron chi connectivity index (χ3n) is 3.53. The maximum Gasteiger partial charge on any atom is 0.341 e. The first-order valence-corrected chi connectivity index (χ1v) is 8.01. The first kappa shape index (κ1) is 17.7. The topological polar surface area (TPSA) is 73.3 Å². The van der Waals surface area contributed by atoms with Gasteiger partial charge in [-0.25, -0.2) is 14.8 Å². The van der Waals surface area contributed by atoms with Crippen molar-refractivity contribution in [3.05, 3.63) is 47.3 Å². The Balaban J connectivity index is 1.84. The fourth-order valence-corrected chi connectivity index (χ4v) is 2.28. The number of hydrogen-bond donors (Lipinski definition) is 1. The maximum absolute atomic E-state index is 11.7. The summed E-state index contributed by atoms with van der Waals surface area (Å²) in [6, 6.07) is 8.04. The third kappa shape index (κ3) is 4.94. The number of methoxy groups -OCH3 is 1. The van der Waals surface area contributed by atoms with Crippen LogP contribution in [0.25, 0.3) is 0 Å². The normalized spacial score (nSPS) is 10.3. The van der Waals surface area contributed by atoms with Crippen LogP contribution in [0.1, 0.15) is 35.0 Å². The molecule has 1 heterocycles. The van der Waals surface area contributed by atoms with Gasteiger partial charge in [-0.15, -0.1) is 0 Å². The van der Waals surface area contributed by atoms with Crippen molar-refractivity contribution in [2.24, 2.45) is 0 Å². The molecule has 2 rings (SSSR count). The van der Waals surface area contributed by atoms with E-state index >= 15 is 0 Å². The molecule has 1 aromatic heterocycles. The average molecular weight is 329 g/mol. The van der Waals surface area contributed by atoms with Gasteiger partial charge in [0.1, 0.15) is 5.75 Å². The molecule has 0 saturated heterocycles. The van der Waals surface area contributed by atoms with Gasteiger partial charge >= 0.3 is 5.97 Å². The minimum absolute atomic E-state index is 0.336. The number of anilines is 1. The maximum atomic E-state index is 11.7. The van der Waals surface area contributed by atoms with Crippen LogP contribution in [-0.2, 0) is 11.2 Å². The Kier molecular flexibility index (Phi) is 6.54. The zero-order chi connectivity index (χ0) is 17.4. The molecule has 1 N–H and O–H groups in total. The van der Waals surface area contributed by atoms with Crippen molar-refractivity contribution in [1.82, 2.24) is 9.97 Å². The number of nitrogens with zero attached hydrogens (tertiary/aromatic N) is 2. The van der Waals surface area contributed by atoms with Crippen LogP contribution in [0, 0.1) is 6.92 Å². The first-order valence-electron chi connectivity index (χ1n) is 8.01. The average Bonchev–Trinajstić information content (AvgIpc) is 2.59. The molecule has 128 valence electrons. The molecule has 0 unspecified atom stereocenters. The van der Waals surface area contributed by atoms with Crippen molar-refractivity contribution in [3.8, 4) is 5.75 Å². The molecule has 24 heavy (non-hydrogen) atoms. The summed E-state index contributed by atoms with van der Waals surface area (Å²) < 4.78 is 10.2. The van der Waals surface area contributed by atoms with E-state index in [0.717, 1.165) is 25.1 Å². The summed E-state index contributed by atoms with van der Waals surface area (Å²) in [6.07, 6.45) is 3.38. The SMILES string of the molecule is CCOC(=O)c1cnc(NCCCc2cccc(OC)c2)nc1C. The summed E-state index contributed by atoms with van der Waals surface area (Å²) in [7, 11) is 1.67. The van der Waals surface area contributed by atoms with E-state index in [4.69, 9.17) is 9.47 Å². The zero-order valence-corrected chi connectivity index (χ0v) is 14.3. The van der Waals surface area contributed by atoms with E-state index in [2.05, 4.69) is 21.4 Å². The van der Waals surface area contributed by atoms with E-state index in [1.807, 2.05) is 18.2 Å². The van der Waals surface area contributed by atoms with Gasteiger partial charge in [-0.05, 0) is 44.4 Å². The molecule has 0 amide bonds. The molecule has 6 nitrogen and oxygen atoms in total. The molecule has 0 atom stereocenters. The Morgan fingerprint density at radius 1 is 1.33 bits per heavy atom. The van der Waals surface area contributed by atoms with Gasteiger partial charge in [-0.1, -0.05) is 12.1 Å². The molecule has 0 saturated carbocycles. The predicted octanol–water partition coefficient (Wildman–Crippen LogP) is 3.02. The third-order valence-corrected chi connectivity index (χ3v) is 3.53. The quantitative estimate of drug-likeness (QED) is 0.593. The van der Waals surface area contributed by atoms with Gasteiger partial charge in [0.15, 0.2) is 0 Å². The lowest BCUT2D eigenvalue weighted by Crippen LogP contribution is -2.12. The highest BCUT2D eigenvalue weighted by atomic mass is 16.5. The van der Waals surface area contributed by atoms with E-state index in [1.54, 1.807) is 21.0 Å². The minimum Gasteiger partial charge on any atom is -0.497 e. The summed E-state index contributed by atoms with van der Waals surface area (Å²) >= 11 is 0. The van der Waals surface area contributed by atoms with Crippen LogP contribution in [0.15, 0.2) is 30.5 Å². The lowest BCUT2D eigenvalue weighted by atomic mass is 10.1. The number of aromatic nitrogens is 2. The number of rotatable bonds is 8. The molecule has 1 aromatic carbocycles. The van der Waals surface area contributed by atoms with Crippen molar-refractivity contribution in [2.45, 2.75) is 26.7 Å². The molecule has 0 aliphatic carbocycles. The van der Waals surface area contributed by atoms with Gasteiger partial charge in [-0.3, -0.25) is 0 Å². The Morgan fingerprint density at radius 3 is 2.88 bits per heavy atom. The molecule has 2 aromatic rings. The van der Waals surface area contributed by atoms with Crippen molar-refractivity contribution in [2.75, 3.05) is 25.6 Å². The van der Waals surface area contributed by atoms with E-state index in [9.17, 15) is 4.79 Å². The summed E-state index contributed by atoms with van der Waals surface area (Å²) in [5.41, 5.74) is 2.24.